The Morgan fingerprint density at radius 1 is 0.828 bits per heavy atom. The van der Waals surface area contributed by atoms with Gasteiger partial charge in [-0.05, 0) is 53.4 Å². The average Bonchev–Trinajstić information content (AvgIpc) is 3.20. The molecule has 1 fully saturated rings. The Kier molecular flexibility index (Phi) is 13.3. The van der Waals surface area contributed by atoms with Gasteiger partial charge < -0.3 is 45.5 Å². The van der Waals surface area contributed by atoms with Crippen LogP contribution in [-0.2, 0) is 21.5 Å². The number of anilines is 4. The molecule has 1 aromatic heterocycles. The van der Waals surface area contributed by atoms with Crippen molar-refractivity contribution in [3.05, 3.63) is 102 Å². The van der Waals surface area contributed by atoms with Crippen molar-refractivity contribution in [1.82, 2.24) is 20.5 Å². The molecule has 0 unspecified atom stereocenters. The molecular formula is C44H51N7O7. The molecule has 1 saturated heterocycles. The minimum Gasteiger partial charge on any atom is -0.497 e. The van der Waals surface area contributed by atoms with E-state index >= 15 is 0 Å². The lowest BCUT2D eigenvalue weighted by atomic mass is 9.85. The molecule has 304 valence electrons. The van der Waals surface area contributed by atoms with E-state index in [-0.39, 0.29) is 23.8 Å². The van der Waals surface area contributed by atoms with Crippen molar-refractivity contribution in [3.63, 3.8) is 0 Å². The summed E-state index contributed by atoms with van der Waals surface area (Å²) in [7, 11) is 3.09. The quantitative estimate of drug-likeness (QED) is 0.0765. The predicted molar refractivity (Wildman–Crippen MR) is 226 cm³/mol. The Bertz CT molecular complexity index is 2270. The first kappa shape index (κ1) is 41.3. The van der Waals surface area contributed by atoms with E-state index in [2.05, 4.69) is 57.2 Å². The zero-order chi connectivity index (χ0) is 41.2. The number of amides is 4. The van der Waals surface area contributed by atoms with Gasteiger partial charge in [-0.3, -0.25) is 14.5 Å². The summed E-state index contributed by atoms with van der Waals surface area (Å²) in [6.45, 7) is 12.3. The number of urea groups is 1. The number of carbonyl (C=O) groups excluding carboxylic acids is 3. The normalized spacial score (nSPS) is 13.0. The first-order chi connectivity index (χ1) is 27.9. The maximum absolute atomic E-state index is 13.6. The standard InChI is InChI=1S/C44H51N7O7/c1-28(52)47-27-30-21-31(44(2,3)4)24-38(41(30)56-6)50-43(54)49-37-11-12-39(36-10-8-7-9-35(36)37)58-33-13-14-45-40(26-33)48-32-22-29(23-34(25-32)55-5)42(53)46-15-16-51-17-19-57-20-18-51/h7-14,21-26H,15-20,27H2,1-6H3,(H,45,48)(H,46,53)(H,47,52)(H2,49,50,54). The molecule has 0 radical (unpaired) electrons. The van der Waals surface area contributed by atoms with Gasteiger partial charge >= 0.3 is 6.03 Å². The van der Waals surface area contributed by atoms with Crippen LogP contribution in [0, 0.1) is 0 Å². The van der Waals surface area contributed by atoms with Crippen LogP contribution in [0.5, 0.6) is 23.0 Å². The van der Waals surface area contributed by atoms with E-state index < -0.39 is 6.03 Å². The van der Waals surface area contributed by atoms with Gasteiger partial charge in [0, 0.05) is 85.6 Å². The van der Waals surface area contributed by atoms with E-state index in [1.807, 2.05) is 36.4 Å². The number of methoxy groups -OCH3 is 2. The van der Waals surface area contributed by atoms with Crippen LogP contribution < -0.4 is 40.8 Å². The molecule has 1 aliphatic heterocycles. The lowest BCUT2D eigenvalue weighted by Crippen LogP contribution is -2.41. The van der Waals surface area contributed by atoms with Crippen LogP contribution in [0.15, 0.2) is 85.1 Å². The Labute approximate surface area is 338 Å². The number of ether oxygens (including phenoxy) is 4. The maximum atomic E-state index is 13.6. The number of hydrogen-bond donors (Lipinski definition) is 5. The van der Waals surface area contributed by atoms with Gasteiger partial charge in [0.1, 0.15) is 28.8 Å². The number of benzene rings is 4. The summed E-state index contributed by atoms with van der Waals surface area (Å²) in [6, 6.07) is 23.3. The van der Waals surface area contributed by atoms with Crippen molar-refractivity contribution in [2.75, 3.05) is 69.6 Å². The number of rotatable bonds is 14. The maximum Gasteiger partial charge on any atom is 0.323 e. The molecular weight excluding hydrogens is 739 g/mol. The number of fused-ring (bicyclic) bond motifs is 1. The Morgan fingerprint density at radius 2 is 1.59 bits per heavy atom. The zero-order valence-electron chi connectivity index (χ0n) is 33.8. The highest BCUT2D eigenvalue weighted by Crippen LogP contribution is 2.37. The van der Waals surface area contributed by atoms with Gasteiger partial charge in [-0.15, -0.1) is 0 Å². The summed E-state index contributed by atoms with van der Waals surface area (Å²) in [5.41, 5.74) is 3.60. The number of pyridine rings is 1. The SMILES string of the molecule is COc1cc(Nc2cc(Oc3ccc(NC(=O)Nc4cc(C(C)(C)C)cc(CNC(C)=O)c4OC)c4ccccc34)ccn2)cc(C(=O)NCCN2CCOCC2)c1. The molecule has 0 spiro atoms. The van der Waals surface area contributed by atoms with E-state index in [0.29, 0.717) is 71.2 Å². The summed E-state index contributed by atoms with van der Waals surface area (Å²) in [4.78, 5) is 45.1. The third-order valence-corrected chi connectivity index (χ3v) is 9.60. The van der Waals surface area contributed by atoms with Gasteiger partial charge in [0.25, 0.3) is 5.91 Å². The fraction of sp³-hybridized carbons (Fsp3) is 0.318. The summed E-state index contributed by atoms with van der Waals surface area (Å²) in [5, 5.41) is 16.6. The number of aromatic nitrogens is 1. The predicted octanol–water partition coefficient (Wildman–Crippen LogP) is 7.43. The van der Waals surface area contributed by atoms with E-state index in [0.717, 1.165) is 41.5 Å². The van der Waals surface area contributed by atoms with Crippen LogP contribution in [0.4, 0.5) is 27.7 Å². The van der Waals surface area contributed by atoms with E-state index in [4.69, 9.17) is 18.9 Å². The Balaban J connectivity index is 1.16. The molecule has 4 aromatic carbocycles. The third kappa shape index (κ3) is 10.7. The van der Waals surface area contributed by atoms with Gasteiger partial charge in [0.15, 0.2) is 0 Å². The smallest absolute Gasteiger partial charge is 0.323 e. The Morgan fingerprint density at radius 3 is 2.31 bits per heavy atom. The lowest BCUT2D eigenvalue weighted by molar-refractivity contribution is -0.119. The molecule has 4 amide bonds. The van der Waals surface area contributed by atoms with Gasteiger partial charge in [-0.25, -0.2) is 9.78 Å². The lowest BCUT2D eigenvalue weighted by Gasteiger charge is -2.26. The van der Waals surface area contributed by atoms with E-state index in [1.54, 1.807) is 55.8 Å². The zero-order valence-corrected chi connectivity index (χ0v) is 33.8. The van der Waals surface area contributed by atoms with Crippen LogP contribution in [0.3, 0.4) is 0 Å². The number of nitrogens with zero attached hydrogens (tertiary/aromatic N) is 2. The van der Waals surface area contributed by atoms with Gasteiger partial charge in [-0.2, -0.15) is 0 Å². The highest BCUT2D eigenvalue weighted by Gasteiger charge is 2.22. The largest absolute Gasteiger partial charge is 0.497 e. The summed E-state index contributed by atoms with van der Waals surface area (Å²) >= 11 is 0. The second-order valence-corrected chi connectivity index (χ2v) is 14.9. The molecule has 0 bridgehead atoms. The number of hydrogen-bond acceptors (Lipinski definition) is 10. The fourth-order valence-corrected chi connectivity index (χ4v) is 6.54. The fourth-order valence-electron chi connectivity index (χ4n) is 6.54. The first-order valence-electron chi connectivity index (χ1n) is 19.1. The van der Waals surface area contributed by atoms with E-state index in [9.17, 15) is 14.4 Å². The van der Waals surface area contributed by atoms with E-state index in [1.165, 1.54) is 14.0 Å². The van der Waals surface area contributed by atoms with Crippen molar-refractivity contribution >= 4 is 51.5 Å². The summed E-state index contributed by atoms with van der Waals surface area (Å²) < 4.78 is 23.0. The molecule has 14 nitrogen and oxygen atoms in total. The number of morpholine rings is 1. The van der Waals surface area contributed by atoms with Crippen LogP contribution in [0.2, 0.25) is 0 Å². The Hall–Kier alpha value is -6.38. The second-order valence-electron chi connectivity index (χ2n) is 14.9. The van der Waals surface area contributed by atoms with Crippen LogP contribution in [-0.4, -0.2) is 81.3 Å². The summed E-state index contributed by atoms with van der Waals surface area (Å²) in [6.07, 6.45) is 1.63. The molecule has 58 heavy (non-hydrogen) atoms. The minimum atomic E-state index is -0.468. The molecule has 5 aromatic rings. The highest BCUT2D eigenvalue weighted by atomic mass is 16.5. The molecule has 14 heteroatoms. The van der Waals surface area contributed by atoms with Crippen LogP contribution >= 0.6 is 0 Å². The van der Waals surface area contributed by atoms with Crippen molar-refractivity contribution in [3.8, 4) is 23.0 Å². The molecule has 6 rings (SSSR count). The van der Waals surface area contributed by atoms with Crippen LogP contribution in [0.1, 0.15) is 49.2 Å². The van der Waals surface area contributed by atoms with Gasteiger partial charge in [0.05, 0.1) is 38.8 Å². The van der Waals surface area contributed by atoms with Crippen molar-refractivity contribution in [2.24, 2.45) is 0 Å². The van der Waals surface area contributed by atoms with Crippen LogP contribution in [0.25, 0.3) is 10.8 Å². The number of carbonyl (C=O) groups is 3. The molecule has 0 saturated carbocycles. The second kappa shape index (κ2) is 18.7. The molecule has 0 atom stereocenters. The highest BCUT2D eigenvalue weighted by molar-refractivity contribution is 6.08. The van der Waals surface area contributed by atoms with Crippen molar-refractivity contribution in [1.29, 1.82) is 0 Å². The number of nitrogens with one attached hydrogen (secondary N) is 5. The minimum absolute atomic E-state index is 0.170. The summed E-state index contributed by atoms with van der Waals surface area (Å²) in [5.74, 6) is 2.19. The van der Waals surface area contributed by atoms with Gasteiger partial charge in [-0.1, -0.05) is 45.0 Å². The topological polar surface area (TPSA) is 164 Å². The molecule has 5 N–H and O–H groups in total. The van der Waals surface area contributed by atoms with Crippen molar-refractivity contribution in [2.45, 2.75) is 39.7 Å². The van der Waals surface area contributed by atoms with Crippen molar-refractivity contribution < 1.29 is 33.3 Å². The first-order valence-corrected chi connectivity index (χ1v) is 19.1. The molecule has 1 aliphatic rings. The van der Waals surface area contributed by atoms with Gasteiger partial charge in [0.2, 0.25) is 5.91 Å². The average molecular weight is 790 g/mol. The molecule has 0 aliphatic carbocycles. The monoisotopic (exact) mass is 789 g/mol. The third-order valence-electron chi connectivity index (χ3n) is 9.60. The molecule has 2 heterocycles.